The van der Waals surface area contributed by atoms with Gasteiger partial charge in [-0.2, -0.15) is 10.2 Å². The van der Waals surface area contributed by atoms with E-state index in [1.54, 1.807) is 0 Å². The third-order valence-corrected chi connectivity index (χ3v) is 2.83. The van der Waals surface area contributed by atoms with Gasteiger partial charge in [0.05, 0.1) is 11.4 Å². The number of hydrogen-bond acceptors (Lipinski definition) is 2. The summed E-state index contributed by atoms with van der Waals surface area (Å²) in [6, 6.07) is 2.07. The molecule has 0 saturated carbocycles. The van der Waals surface area contributed by atoms with E-state index < -0.39 is 0 Å². The molecular formula is C13H20N4. The summed E-state index contributed by atoms with van der Waals surface area (Å²) in [6.07, 6.45) is 6.19. The molecule has 0 aliphatic rings. The fourth-order valence-electron chi connectivity index (χ4n) is 2.06. The first kappa shape index (κ1) is 11.9. The Bertz CT molecular complexity index is 481. The molecule has 4 nitrogen and oxygen atoms in total. The van der Waals surface area contributed by atoms with Crippen molar-refractivity contribution >= 4 is 0 Å². The number of hydrogen-bond donors (Lipinski definition) is 0. The molecule has 0 aliphatic carbocycles. The van der Waals surface area contributed by atoms with Crippen LogP contribution in [0.2, 0.25) is 0 Å². The topological polar surface area (TPSA) is 35.6 Å². The molecule has 2 rings (SSSR count). The number of aromatic nitrogens is 4. The van der Waals surface area contributed by atoms with E-state index in [2.05, 4.69) is 47.9 Å². The van der Waals surface area contributed by atoms with Crippen LogP contribution >= 0.6 is 0 Å². The van der Waals surface area contributed by atoms with Crippen LogP contribution in [-0.4, -0.2) is 19.6 Å². The Balaban J connectivity index is 2.34. The second-order valence-electron chi connectivity index (χ2n) is 4.33. The zero-order valence-electron chi connectivity index (χ0n) is 10.8. The minimum absolute atomic E-state index is 0.959. The van der Waals surface area contributed by atoms with Crippen LogP contribution in [0.15, 0.2) is 18.5 Å². The molecule has 0 N–H and O–H groups in total. The molecule has 2 aromatic rings. The van der Waals surface area contributed by atoms with E-state index in [0.717, 1.165) is 31.6 Å². The summed E-state index contributed by atoms with van der Waals surface area (Å²) in [4.78, 5) is 0. The maximum absolute atomic E-state index is 4.53. The minimum atomic E-state index is 0.959. The first-order valence-electron chi connectivity index (χ1n) is 6.32. The molecule has 0 unspecified atom stereocenters. The van der Waals surface area contributed by atoms with Crippen LogP contribution in [0.4, 0.5) is 0 Å². The Morgan fingerprint density at radius 1 is 1.18 bits per heavy atom. The van der Waals surface area contributed by atoms with Gasteiger partial charge in [-0.3, -0.25) is 9.36 Å². The number of nitrogens with zero attached hydrogens (tertiary/aromatic N) is 4. The van der Waals surface area contributed by atoms with E-state index in [1.165, 1.54) is 11.3 Å². The molecule has 0 fully saturated rings. The van der Waals surface area contributed by atoms with E-state index in [4.69, 9.17) is 0 Å². The third-order valence-electron chi connectivity index (χ3n) is 2.83. The molecule has 2 heterocycles. The summed E-state index contributed by atoms with van der Waals surface area (Å²) in [5.41, 5.74) is 3.45. The van der Waals surface area contributed by atoms with Crippen LogP contribution in [-0.2, 0) is 13.1 Å². The summed E-state index contributed by atoms with van der Waals surface area (Å²) in [7, 11) is 0. The van der Waals surface area contributed by atoms with Gasteiger partial charge in [0, 0.05) is 31.0 Å². The lowest BCUT2D eigenvalue weighted by atomic mass is 10.2. The summed E-state index contributed by atoms with van der Waals surface area (Å²) in [5, 5.41) is 8.89. The Morgan fingerprint density at radius 2 is 1.94 bits per heavy atom. The van der Waals surface area contributed by atoms with E-state index in [0.29, 0.717) is 0 Å². The highest BCUT2D eigenvalue weighted by atomic mass is 15.3. The first-order valence-corrected chi connectivity index (χ1v) is 6.32. The second kappa shape index (κ2) is 5.17. The van der Waals surface area contributed by atoms with Gasteiger partial charge in [-0.25, -0.2) is 0 Å². The monoisotopic (exact) mass is 232 g/mol. The van der Waals surface area contributed by atoms with E-state index in [1.807, 2.05) is 10.9 Å². The van der Waals surface area contributed by atoms with Crippen LogP contribution in [0.1, 0.15) is 32.4 Å². The quantitative estimate of drug-likeness (QED) is 0.794. The highest BCUT2D eigenvalue weighted by molar-refractivity contribution is 5.60. The van der Waals surface area contributed by atoms with Crippen LogP contribution in [0.25, 0.3) is 11.3 Å². The summed E-state index contributed by atoms with van der Waals surface area (Å²) in [5.74, 6) is 0. The van der Waals surface area contributed by atoms with Crippen molar-refractivity contribution in [3.8, 4) is 11.3 Å². The van der Waals surface area contributed by atoms with Gasteiger partial charge in [0.25, 0.3) is 0 Å². The lowest BCUT2D eigenvalue weighted by Crippen LogP contribution is -2.01. The van der Waals surface area contributed by atoms with Crippen molar-refractivity contribution in [3.63, 3.8) is 0 Å². The van der Waals surface area contributed by atoms with Gasteiger partial charge in [-0.15, -0.1) is 0 Å². The molecule has 0 amide bonds. The molecule has 0 bridgehead atoms. The lowest BCUT2D eigenvalue weighted by molar-refractivity contribution is 0.598. The standard InChI is InChI=1S/C13H20N4/c1-4-8-16-10-12(11(3)15-16)13-6-7-14-17(13)9-5-2/h6-7,10H,4-5,8-9H2,1-3H3. The van der Waals surface area contributed by atoms with Gasteiger partial charge in [0.2, 0.25) is 0 Å². The van der Waals surface area contributed by atoms with Crippen LogP contribution in [0.5, 0.6) is 0 Å². The number of rotatable bonds is 5. The predicted octanol–water partition coefficient (Wildman–Crippen LogP) is 2.88. The molecule has 0 aliphatic heterocycles. The smallest absolute Gasteiger partial charge is 0.0716 e. The Labute approximate surface area is 102 Å². The Hall–Kier alpha value is -1.58. The fourth-order valence-corrected chi connectivity index (χ4v) is 2.06. The Kier molecular flexibility index (Phi) is 3.61. The highest BCUT2D eigenvalue weighted by Gasteiger charge is 2.11. The molecule has 17 heavy (non-hydrogen) atoms. The summed E-state index contributed by atoms with van der Waals surface area (Å²) < 4.78 is 4.08. The van der Waals surface area contributed by atoms with Crippen LogP contribution in [0.3, 0.4) is 0 Å². The highest BCUT2D eigenvalue weighted by Crippen LogP contribution is 2.22. The molecule has 0 aromatic carbocycles. The zero-order valence-corrected chi connectivity index (χ0v) is 10.8. The van der Waals surface area contributed by atoms with Gasteiger partial charge in [-0.1, -0.05) is 13.8 Å². The van der Waals surface area contributed by atoms with E-state index in [9.17, 15) is 0 Å². The van der Waals surface area contributed by atoms with Crippen molar-refractivity contribution < 1.29 is 0 Å². The lowest BCUT2D eigenvalue weighted by Gasteiger charge is -2.04. The van der Waals surface area contributed by atoms with Crippen molar-refractivity contribution in [3.05, 3.63) is 24.2 Å². The molecular weight excluding hydrogens is 212 g/mol. The van der Waals surface area contributed by atoms with Gasteiger partial charge in [0.15, 0.2) is 0 Å². The van der Waals surface area contributed by atoms with E-state index in [-0.39, 0.29) is 0 Å². The molecule has 0 radical (unpaired) electrons. The van der Waals surface area contributed by atoms with Crippen LogP contribution < -0.4 is 0 Å². The maximum atomic E-state index is 4.53. The molecule has 92 valence electrons. The van der Waals surface area contributed by atoms with Gasteiger partial charge < -0.3 is 0 Å². The van der Waals surface area contributed by atoms with E-state index >= 15 is 0 Å². The van der Waals surface area contributed by atoms with Gasteiger partial charge >= 0.3 is 0 Å². The predicted molar refractivity (Wildman–Crippen MR) is 68.8 cm³/mol. The molecule has 0 atom stereocenters. The zero-order chi connectivity index (χ0) is 12.3. The minimum Gasteiger partial charge on any atom is -0.272 e. The summed E-state index contributed by atoms with van der Waals surface area (Å²) >= 11 is 0. The molecule has 4 heteroatoms. The van der Waals surface area contributed by atoms with Crippen molar-refractivity contribution in [2.24, 2.45) is 0 Å². The second-order valence-corrected chi connectivity index (χ2v) is 4.33. The SMILES string of the molecule is CCCn1cc(-c2ccnn2CCC)c(C)n1. The normalized spacial score (nSPS) is 11.0. The van der Waals surface area contributed by atoms with Crippen molar-refractivity contribution in [1.82, 2.24) is 19.6 Å². The average molecular weight is 232 g/mol. The van der Waals surface area contributed by atoms with Crippen molar-refractivity contribution in [2.75, 3.05) is 0 Å². The largest absolute Gasteiger partial charge is 0.272 e. The molecule has 2 aromatic heterocycles. The van der Waals surface area contributed by atoms with Crippen molar-refractivity contribution in [2.45, 2.75) is 46.7 Å². The van der Waals surface area contributed by atoms with Gasteiger partial charge in [0.1, 0.15) is 0 Å². The number of aryl methyl sites for hydroxylation is 3. The van der Waals surface area contributed by atoms with Crippen molar-refractivity contribution in [1.29, 1.82) is 0 Å². The van der Waals surface area contributed by atoms with Crippen LogP contribution in [0, 0.1) is 6.92 Å². The Morgan fingerprint density at radius 3 is 2.65 bits per heavy atom. The maximum Gasteiger partial charge on any atom is 0.0716 e. The molecule has 0 saturated heterocycles. The third kappa shape index (κ3) is 2.40. The fraction of sp³-hybridized carbons (Fsp3) is 0.538. The van der Waals surface area contributed by atoms with Gasteiger partial charge in [-0.05, 0) is 25.8 Å². The average Bonchev–Trinajstić information content (AvgIpc) is 2.86. The first-order chi connectivity index (χ1) is 8.26. The summed E-state index contributed by atoms with van der Waals surface area (Å²) in [6.45, 7) is 8.32. The molecule has 0 spiro atoms.